The molecule has 1 unspecified atom stereocenters. The molecule has 0 aliphatic carbocycles. The highest BCUT2D eigenvalue weighted by Crippen LogP contribution is 2.14. The minimum Gasteiger partial charge on any atom is -0.376 e. The van der Waals surface area contributed by atoms with Gasteiger partial charge in [-0.25, -0.2) is 4.98 Å². The number of ether oxygens (including phenoxy) is 1. The molecule has 1 fully saturated rings. The fourth-order valence-corrected chi connectivity index (χ4v) is 2.37. The topological polar surface area (TPSA) is 54.5 Å². The maximum absolute atomic E-state index is 12.3. The lowest BCUT2D eigenvalue weighted by molar-refractivity contribution is -0.000194. The maximum atomic E-state index is 12.3. The molecule has 0 aromatic carbocycles. The number of likely N-dealkylation sites (N-methyl/N-ethyl adjacent to an activating group) is 1. The summed E-state index contributed by atoms with van der Waals surface area (Å²) >= 11 is 0. The van der Waals surface area contributed by atoms with Crippen LogP contribution in [0, 0.1) is 0 Å². The first-order valence-corrected chi connectivity index (χ1v) is 7.27. The molecule has 2 heterocycles. The van der Waals surface area contributed by atoms with Crippen LogP contribution in [0.15, 0.2) is 18.3 Å². The molecule has 1 aliphatic heterocycles. The van der Waals surface area contributed by atoms with Gasteiger partial charge in [0.05, 0.1) is 11.7 Å². The number of anilines is 1. The average molecular weight is 277 g/mol. The third-order valence-corrected chi connectivity index (χ3v) is 3.47. The monoisotopic (exact) mass is 277 g/mol. The quantitative estimate of drug-likeness (QED) is 0.896. The van der Waals surface area contributed by atoms with E-state index < -0.39 is 0 Å². The van der Waals surface area contributed by atoms with Crippen molar-refractivity contribution in [3.05, 3.63) is 23.9 Å². The third kappa shape index (κ3) is 3.93. The van der Waals surface area contributed by atoms with Crippen molar-refractivity contribution < 1.29 is 9.53 Å². The molecule has 0 spiro atoms. The van der Waals surface area contributed by atoms with E-state index in [4.69, 9.17) is 4.74 Å². The number of hydrogen-bond donors (Lipinski definition) is 1. The molecule has 110 valence electrons. The molecule has 1 N–H and O–H groups in total. The van der Waals surface area contributed by atoms with Gasteiger partial charge in [0.1, 0.15) is 5.82 Å². The average Bonchev–Trinajstić information content (AvgIpc) is 2.48. The van der Waals surface area contributed by atoms with E-state index in [1.165, 1.54) is 6.42 Å². The first kappa shape index (κ1) is 14.8. The van der Waals surface area contributed by atoms with Crippen LogP contribution < -0.4 is 5.32 Å². The molecular weight excluding hydrogens is 254 g/mol. The number of amides is 1. The van der Waals surface area contributed by atoms with Crippen LogP contribution in [0.2, 0.25) is 0 Å². The number of pyridine rings is 1. The molecule has 0 radical (unpaired) electrons. The molecule has 1 saturated heterocycles. The van der Waals surface area contributed by atoms with Gasteiger partial charge in [0.2, 0.25) is 0 Å². The Hall–Kier alpha value is -1.62. The van der Waals surface area contributed by atoms with Gasteiger partial charge < -0.3 is 15.0 Å². The molecule has 1 atom stereocenters. The number of hydrogen-bond acceptors (Lipinski definition) is 4. The maximum Gasteiger partial charge on any atom is 0.255 e. The van der Waals surface area contributed by atoms with Crippen LogP contribution >= 0.6 is 0 Å². The zero-order valence-electron chi connectivity index (χ0n) is 12.3. The second kappa shape index (κ2) is 7.24. The lowest BCUT2D eigenvalue weighted by Crippen LogP contribution is -2.37. The summed E-state index contributed by atoms with van der Waals surface area (Å²) < 4.78 is 5.67. The minimum absolute atomic E-state index is 0.00489. The highest BCUT2D eigenvalue weighted by molar-refractivity contribution is 5.93. The number of nitrogens with zero attached hydrogens (tertiary/aromatic N) is 2. The van der Waals surface area contributed by atoms with E-state index in [9.17, 15) is 4.79 Å². The van der Waals surface area contributed by atoms with Gasteiger partial charge >= 0.3 is 0 Å². The minimum atomic E-state index is -0.00489. The van der Waals surface area contributed by atoms with Crippen LogP contribution in [0.1, 0.15) is 36.5 Å². The van der Waals surface area contributed by atoms with Crippen LogP contribution in [-0.2, 0) is 4.74 Å². The van der Waals surface area contributed by atoms with E-state index >= 15 is 0 Å². The first-order valence-electron chi connectivity index (χ1n) is 7.27. The molecule has 5 nitrogen and oxygen atoms in total. The molecule has 1 aromatic rings. The van der Waals surface area contributed by atoms with Crippen LogP contribution in [-0.4, -0.2) is 48.6 Å². The molecule has 0 saturated carbocycles. The van der Waals surface area contributed by atoms with Crippen LogP contribution in [0.4, 0.5) is 5.82 Å². The van der Waals surface area contributed by atoms with Crippen molar-refractivity contribution in [1.29, 1.82) is 0 Å². The van der Waals surface area contributed by atoms with Crippen molar-refractivity contribution in [2.45, 2.75) is 32.3 Å². The van der Waals surface area contributed by atoms with Crippen molar-refractivity contribution in [2.75, 3.05) is 32.1 Å². The highest BCUT2D eigenvalue weighted by atomic mass is 16.5. The van der Waals surface area contributed by atoms with Gasteiger partial charge in [-0.1, -0.05) is 0 Å². The van der Waals surface area contributed by atoms with Crippen LogP contribution in [0.3, 0.4) is 0 Å². The fraction of sp³-hybridized carbons (Fsp3) is 0.600. The second-order valence-electron chi connectivity index (χ2n) is 5.14. The van der Waals surface area contributed by atoms with Gasteiger partial charge in [0.15, 0.2) is 0 Å². The van der Waals surface area contributed by atoms with Crippen molar-refractivity contribution in [1.82, 2.24) is 9.88 Å². The van der Waals surface area contributed by atoms with E-state index in [-0.39, 0.29) is 12.0 Å². The zero-order valence-corrected chi connectivity index (χ0v) is 12.3. The molecule has 1 amide bonds. The zero-order chi connectivity index (χ0) is 14.4. The van der Waals surface area contributed by atoms with E-state index in [1.807, 2.05) is 26.1 Å². The Morgan fingerprint density at radius 2 is 2.35 bits per heavy atom. The Morgan fingerprint density at radius 1 is 1.50 bits per heavy atom. The summed E-state index contributed by atoms with van der Waals surface area (Å²) in [6, 6.07) is 3.65. The number of carbonyl (C=O) groups is 1. The Balaban J connectivity index is 1.91. The number of aromatic nitrogens is 1. The van der Waals surface area contributed by atoms with E-state index in [0.29, 0.717) is 12.1 Å². The molecule has 1 aromatic heterocycles. The standard InChI is InChI=1S/C15H23N3O2/c1-3-16-14-8-7-12(10-17-14)15(19)18(2)11-13-6-4-5-9-20-13/h7-8,10,13H,3-6,9,11H2,1-2H3,(H,16,17). The second-order valence-corrected chi connectivity index (χ2v) is 5.14. The number of carbonyl (C=O) groups excluding carboxylic acids is 1. The third-order valence-electron chi connectivity index (χ3n) is 3.47. The summed E-state index contributed by atoms with van der Waals surface area (Å²) in [6.07, 6.45) is 5.15. The van der Waals surface area contributed by atoms with E-state index in [0.717, 1.165) is 31.8 Å². The van der Waals surface area contributed by atoms with Gasteiger partial charge in [-0.2, -0.15) is 0 Å². The van der Waals surface area contributed by atoms with Gasteiger partial charge in [-0.15, -0.1) is 0 Å². The smallest absolute Gasteiger partial charge is 0.255 e. The van der Waals surface area contributed by atoms with E-state index in [1.54, 1.807) is 11.1 Å². The Kier molecular flexibility index (Phi) is 5.35. The summed E-state index contributed by atoms with van der Waals surface area (Å²) in [5, 5.41) is 3.11. The van der Waals surface area contributed by atoms with Gasteiger partial charge in [0, 0.05) is 32.9 Å². The largest absolute Gasteiger partial charge is 0.376 e. The predicted octanol–water partition coefficient (Wildman–Crippen LogP) is 2.15. The molecule has 1 aliphatic rings. The molecule has 20 heavy (non-hydrogen) atoms. The molecule has 2 rings (SSSR count). The summed E-state index contributed by atoms with van der Waals surface area (Å²) in [5.41, 5.74) is 0.616. The van der Waals surface area contributed by atoms with Crippen LogP contribution in [0.25, 0.3) is 0 Å². The summed E-state index contributed by atoms with van der Waals surface area (Å²) in [6.45, 7) is 4.29. The van der Waals surface area contributed by atoms with Crippen molar-refractivity contribution >= 4 is 11.7 Å². The Morgan fingerprint density at radius 3 is 2.95 bits per heavy atom. The highest BCUT2D eigenvalue weighted by Gasteiger charge is 2.19. The fourth-order valence-electron chi connectivity index (χ4n) is 2.37. The Bertz CT molecular complexity index is 427. The lowest BCUT2D eigenvalue weighted by atomic mass is 10.1. The lowest BCUT2D eigenvalue weighted by Gasteiger charge is -2.27. The van der Waals surface area contributed by atoms with Gasteiger partial charge in [0.25, 0.3) is 5.91 Å². The van der Waals surface area contributed by atoms with Crippen molar-refractivity contribution in [3.63, 3.8) is 0 Å². The normalized spacial score (nSPS) is 18.6. The van der Waals surface area contributed by atoms with E-state index in [2.05, 4.69) is 10.3 Å². The van der Waals surface area contributed by atoms with Gasteiger partial charge in [-0.3, -0.25) is 4.79 Å². The summed E-state index contributed by atoms with van der Waals surface area (Å²) in [7, 11) is 1.82. The summed E-state index contributed by atoms with van der Waals surface area (Å²) in [5.74, 6) is 0.789. The molecule has 5 heteroatoms. The van der Waals surface area contributed by atoms with Gasteiger partial charge in [-0.05, 0) is 38.3 Å². The van der Waals surface area contributed by atoms with Crippen LogP contribution in [0.5, 0.6) is 0 Å². The molecular formula is C15H23N3O2. The molecule has 0 bridgehead atoms. The van der Waals surface area contributed by atoms with Crippen molar-refractivity contribution in [2.24, 2.45) is 0 Å². The predicted molar refractivity (Wildman–Crippen MR) is 79.0 cm³/mol. The SMILES string of the molecule is CCNc1ccc(C(=O)N(C)CC2CCCCO2)cn1. The van der Waals surface area contributed by atoms with Crippen molar-refractivity contribution in [3.8, 4) is 0 Å². The Labute approximate surface area is 120 Å². The summed E-state index contributed by atoms with van der Waals surface area (Å²) in [4.78, 5) is 18.2. The first-order chi connectivity index (χ1) is 9.70. The number of nitrogens with one attached hydrogen (secondary N) is 1. The number of rotatable bonds is 5.